The summed E-state index contributed by atoms with van der Waals surface area (Å²) < 4.78 is 10.6. The van der Waals surface area contributed by atoms with Crippen molar-refractivity contribution in [3.05, 3.63) is 88.9 Å². The maximum atomic E-state index is 12.8. The number of ether oxygens (including phenoxy) is 2. The Morgan fingerprint density at radius 3 is 2.50 bits per heavy atom. The zero-order chi connectivity index (χ0) is 26.6. The Labute approximate surface area is 229 Å². The zero-order valence-electron chi connectivity index (χ0n) is 20.8. The summed E-state index contributed by atoms with van der Waals surface area (Å²) in [7, 11) is 3.18. The minimum Gasteiger partial charge on any atom is -0.497 e. The summed E-state index contributed by atoms with van der Waals surface area (Å²) in [5, 5.41) is 9.94. The SMILES string of the molecule is COc1cccc(NC(=O)C[C@@H]2SC(N3N=C(c4ccc(Cl)cc4)C[C@@H]3c3cccc(OC)c3)=NC2=O)c1. The van der Waals surface area contributed by atoms with E-state index >= 15 is 0 Å². The topological polar surface area (TPSA) is 92.6 Å². The van der Waals surface area contributed by atoms with E-state index in [1.807, 2.05) is 48.5 Å². The first-order valence-electron chi connectivity index (χ1n) is 11.9. The van der Waals surface area contributed by atoms with E-state index in [9.17, 15) is 9.59 Å². The van der Waals surface area contributed by atoms with E-state index in [0.29, 0.717) is 28.0 Å². The van der Waals surface area contributed by atoms with Crippen LogP contribution < -0.4 is 14.8 Å². The normalized spacial score (nSPS) is 18.7. The number of benzene rings is 3. The lowest BCUT2D eigenvalue weighted by molar-refractivity contribution is -0.121. The smallest absolute Gasteiger partial charge is 0.262 e. The minimum atomic E-state index is -0.642. The van der Waals surface area contributed by atoms with Gasteiger partial charge in [0.1, 0.15) is 16.7 Å². The fourth-order valence-electron chi connectivity index (χ4n) is 4.30. The molecule has 8 nitrogen and oxygen atoms in total. The highest BCUT2D eigenvalue weighted by Crippen LogP contribution is 2.39. The Bertz CT molecular complexity index is 1430. The first kappa shape index (κ1) is 25.8. The van der Waals surface area contributed by atoms with Gasteiger partial charge in [-0.2, -0.15) is 10.1 Å². The highest BCUT2D eigenvalue weighted by Gasteiger charge is 2.39. The standard InChI is InChI=1S/C28H25ClN4O4S/c1-36-21-7-3-5-18(13-21)24-15-23(17-9-11-19(29)12-10-17)32-33(24)28-31-27(35)25(38-28)16-26(34)30-20-6-4-8-22(14-20)37-2/h3-14,24-25H,15-16H2,1-2H3,(H,30,34)/t24-,25+/m1/s1. The van der Waals surface area contributed by atoms with Gasteiger partial charge in [0, 0.05) is 29.6 Å². The number of amidine groups is 1. The Kier molecular flexibility index (Phi) is 7.67. The first-order valence-corrected chi connectivity index (χ1v) is 13.2. The molecule has 0 fully saturated rings. The molecule has 194 valence electrons. The van der Waals surface area contributed by atoms with Gasteiger partial charge in [0.25, 0.3) is 5.91 Å². The number of methoxy groups -OCH3 is 2. The molecule has 0 aliphatic carbocycles. The van der Waals surface area contributed by atoms with Crippen molar-refractivity contribution in [1.29, 1.82) is 0 Å². The van der Waals surface area contributed by atoms with Crippen molar-refractivity contribution in [3.8, 4) is 11.5 Å². The van der Waals surface area contributed by atoms with E-state index in [2.05, 4.69) is 10.3 Å². The summed E-state index contributed by atoms with van der Waals surface area (Å²) in [6.45, 7) is 0. The van der Waals surface area contributed by atoms with Gasteiger partial charge in [-0.05, 0) is 47.5 Å². The van der Waals surface area contributed by atoms with Crippen LogP contribution in [0.4, 0.5) is 5.69 Å². The number of nitrogens with one attached hydrogen (secondary N) is 1. The number of hydrazone groups is 1. The fourth-order valence-corrected chi connectivity index (χ4v) is 5.49. The fraction of sp³-hybridized carbons (Fsp3) is 0.214. The molecule has 2 atom stereocenters. The van der Waals surface area contributed by atoms with Crippen LogP contribution in [0.3, 0.4) is 0 Å². The van der Waals surface area contributed by atoms with Crippen LogP contribution in [0.25, 0.3) is 0 Å². The van der Waals surface area contributed by atoms with Gasteiger partial charge in [-0.15, -0.1) is 0 Å². The van der Waals surface area contributed by atoms with Crippen LogP contribution in [0.1, 0.15) is 30.0 Å². The van der Waals surface area contributed by atoms with Crippen LogP contribution in [-0.4, -0.2) is 47.2 Å². The van der Waals surface area contributed by atoms with E-state index in [-0.39, 0.29) is 24.3 Å². The quantitative estimate of drug-likeness (QED) is 0.417. The third-order valence-corrected chi connectivity index (χ3v) is 7.61. The van der Waals surface area contributed by atoms with Crippen LogP contribution in [0.15, 0.2) is 82.9 Å². The molecular formula is C28H25ClN4O4S. The Balaban J connectivity index is 1.35. The molecule has 2 amide bonds. The number of amides is 2. The predicted molar refractivity (Wildman–Crippen MR) is 150 cm³/mol. The van der Waals surface area contributed by atoms with Gasteiger partial charge in [-0.25, -0.2) is 5.01 Å². The van der Waals surface area contributed by atoms with Crippen molar-refractivity contribution < 1.29 is 19.1 Å². The number of hydrogen-bond donors (Lipinski definition) is 1. The lowest BCUT2D eigenvalue weighted by atomic mass is 9.98. The number of aliphatic imine (C=N–C) groups is 1. The van der Waals surface area contributed by atoms with Crippen LogP contribution in [-0.2, 0) is 9.59 Å². The Hall–Kier alpha value is -3.82. The molecule has 10 heteroatoms. The lowest BCUT2D eigenvalue weighted by Crippen LogP contribution is -2.25. The average molecular weight is 549 g/mol. The Morgan fingerprint density at radius 1 is 1.05 bits per heavy atom. The summed E-state index contributed by atoms with van der Waals surface area (Å²) in [5.41, 5.74) is 3.37. The largest absolute Gasteiger partial charge is 0.497 e. The van der Waals surface area contributed by atoms with Gasteiger partial charge in [0.05, 0.1) is 26.0 Å². The van der Waals surface area contributed by atoms with Gasteiger partial charge in [0.15, 0.2) is 5.17 Å². The number of thioether (sulfide) groups is 1. The molecule has 38 heavy (non-hydrogen) atoms. The molecule has 0 aromatic heterocycles. The molecule has 0 bridgehead atoms. The molecule has 0 saturated carbocycles. The summed E-state index contributed by atoms with van der Waals surface area (Å²) in [5.74, 6) is 0.722. The minimum absolute atomic E-state index is 0.0147. The summed E-state index contributed by atoms with van der Waals surface area (Å²) >= 11 is 7.34. The first-order chi connectivity index (χ1) is 18.4. The molecular weight excluding hydrogens is 524 g/mol. The van der Waals surface area contributed by atoms with Crippen molar-refractivity contribution in [3.63, 3.8) is 0 Å². The predicted octanol–water partition coefficient (Wildman–Crippen LogP) is 5.54. The second-order valence-corrected chi connectivity index (χ2v) is 10.3. The highest BCUT2D eigenvalue weighted by atomic mass is 35.5. The van der Waals surface area contributed by atoms with Crippen LogP contribution >= 0.6 is 23.4 Å². The number of hydrogen-bond acceptors (Lipinski definition) is 7. The Morgan fingerprint density at radius 2 is 1.76 bits per heavy atom. The number of carbonyl (C=O) groups is 2. The van der Waals surface area contributed by atoms with E-state index in [4.69, 9.17) is 26.2 Å². The number of carbonyl (C=O) groups excluding carboxylic acids is 2. The molecule has 2 aliphatic rings. The molecule has 2 heterocycles. The molecule has 0 spiro atoms. The van der Waals surface area contributed by atoms with E-state index in [1.54, 1.807) is 43.5 Å². The molecule has 3 aromatic rings. The third kappa shape index (κ3) is 5.69. The van der Waals surface area contributed by atoms with E-state index in [1.165, 1.54) is 11.8 Å². The van der Waals surface area contributed by atoms with Crippen LogP contribution in [0, 0.1) is 0 Å². The maximum Gasteiger partial charge on any atom is 0.262 e. The number of anilines is 1. The average Bonchev–Trinajstić information content (AvgIpc) is 3.53. The van der Waals surface area contributed by atoms with Gasteiger partial charge < -0.3 is 14.8 Å². The monoisotopic (exact) mass is 548 g/mol. The van der Waals surface area contributed by atoms with Crippen molar-refractivity contribution in [2.24, 2.45) is 10.1 Å². The molecule has 2 aliphatic heterocycles. The third-order valence-electron chi connectivity index (χ3n) is 6.22. The second-order valence-electron chi connectivity index (χ2n) is 8.72. The van der Waals surface area contributed by atoms with Gasteiger partial charge in [-0.3, -0.25) is 9.59 Å². The number of rotatable bonds is 7. The summed E-state index contributed by atoms with van der Waals surface area (Å²) in [6.07, 6.45) is 0.586. The second kappa shape index (κ2) is 11.3. The van der Waals surface area contributed by atoms with Gasteiger partial charge >= 0.3 is 0 Å². The van der Waals surface area contributed by atoms with Crippen molar-refractivity contribution >= 4 is 51.7 Å². The van der Waals surface area contributed by atoms with Crippen molar-refractivity contribution in [1.82, 2.24) is 5.01 Å². The van der Waals surface area contributed by atoms with Crippen molar-refractivity contribution in [2.75, 3.05) is 19.5 Å². The van der Waals surface area contributed by atoms with Gasteiger partial charge in [0.2, 0.25) is 5.91 Å². The summed E-state index contributed by atoms with van der Waals surface area (Å²) in [6, 6.07) is 22.1. The number of halogens is 1. The van der Waals surface area contributed by atoms with Crippen LogP contribution in [0.5, 0.6) is 11.5 Å². The van der Waals surface area contributed by atoms with Crippen LogP contribution in [0.2, 0.25) is 5.02 Å². The van der Waals surface area contributed by atoms with Crippen molar-refractivity contribution in [2.45, 2.75) is 24.1 Å². The molecule has 1 N–H and O–H groups in total. The van der Waals surface area contributed by atoms with Gasteiger partial charge in [-0.1, -0.05) is 53.7 Å². The molecule has 0 saturated heterocycles. The maximum absolute atomic E-state index is 12.8. The summed E-state index contributed by atoms with van der Waals surface area (Å²) in [4.78, 5) is 29.9. The molecule has 5 rings (SSSR count). The molecule has 0 unspecified atom stereocenters. The highest BCUT2D eigenvalue weighted by molar-refractivity contribution is 8.15. The molecule has 0 radical (unpaired) electrons. The lowest BCUT2D eigenvalue weighted by Gasteiger charge is -2.23. The molecule has 3 aromatic carbocycles. The number of nitrogens with zero attached hydrogens (tertiary/aromatic N) is 3. The van der Waals surface area contributed by atoms with E-state index in [0.717, 1.165) is 22.6 Å². The zero-order valence-corrected chi connectivity index (χ0v) is 22.3. The van der Waals surface area contributed by atoms with E-state index < -0.39 is 5.25 Å².